The Bertz CT molecular complexity index is 777. The molecule has 0 bridgehead atoms. The number of nitrogens with two attached hydrogens (primary N) is 1. The number of aromatic nitrogens is 2. The molecular formula is C17H17N3O. The third-order valence-corrected chi connectivity index (χ3v) is 3.36. The van der Waals surface area contributed by atoms with E-state index >= 15 is 0 Å². The summed E-state index contributed by atoms with van der Waals surface area (Å²) in [5, 5.41) is 4.61. The fourth-order valence-electron chi connectivity index (χ4n) is 2.34. The molecule has 0 aliphatic heterocycles. The molecule has 0 aliphatic carbocycles. The van der Waals surface area contributed by atoms with Gasteiger partial charge in [0.1, 0.15) is 17.3 Å². The Morgan fingerprint density at radius 3 is 2.62 bits per heavy atom. The number of para-hydroxylation sites is 2. The average Bonchev–Trinajstić information content (AvgIpc) is 2.89. The van der Waals surface area contributed by atoms with E-state index in [1.165, 1.54) is 5.56 Å². The number of aryl methyl sites for hydroxylation is 1. The number of hydrogen-bond donors (Lipinski definition) is 1. The van der Waals surface area contributed by atoms with Gasteiger partial charge < -0.3 is 10.5 Å². The minimum atomic E-state index is 0.580. The highest BCUT2D eigenvalue weighted by molar-refractivity contribution is 5.65. The Labute approximate surface area is 123 Å². The van der Waals surface area contributed by atoms with Crippen molar-refractivity contribution >= 4 is 5.82 Å². The molecule has 0 saturated heterocycles. The van der Waals surface area contributed by atoms with Crippen molar-refractivity contribution in [1.82, 2.24) is 9.78 Å². The molecule has 0 saturated carbocycles. The zero-order valence-corrected chi connectivity index (χ0v) is 12.1. The van der Waals surface area contributed by atoms with E-state index in [1.807, 2.05) is 42.5 Å². The molecule has 4 nitrogen and oxygen atoms in total. The number of rotatable bonds is 3. The molecule has 2 aromatic carbocycles. The van der Waals surface area contributed by atoms with Gasteiger partial charge >= 0.3 is 0 Å². The van der Waals surface area contributed by atoms with Gasteiger partial charge in [0.25, 0.3) is 0 Å². The minimum absolute atomic E-state index is 0.580. The third-order valence-electron chi connectivity index (χ3n) is 3.36. The Morgan fingerprint density at radius 1 is 1.05 bits per heavy atom. The molecule has 1 heterocycles. The van der Waals surface area contributed by atoms with E-state index in [4.69, 9.17) is 10.5 Å². The van der Waals surface area contributed by atoms with E-state index in [1.54, 1.807) is 11.8 Å². The first-order valence-electron chi connectivity index (χ1n) is 6.75. The number of nitrogen functional groups attached to an aromatic ring is 1. The largest absolute Gasteiger partial charge is 0.494 e. The van der Waals surface area contributed by atoms with Gasteiger partial charge in [0, 0.05) is 11.6 Å². The van der Waals surface area contributed by atoms with Crippen LogP contribution < -0.4 is 10.5 Å². The molecule has 4 heteroatoms. The highest BCUT2D eigenvalue weighted by Gasteiger charge is 2.12. The summed E-state index contributed by atoms with van der Waals surface area (Å²) in [5.74, 6) is 1.32. The van der Waals surface area contributed by atoms with E-state index in [0.717, 1.165) is 22.7 Å². The van der Waals surface area contributed by atoms with Crippen LogP contribution in [0, 0.1) is 6.92 Å². The van der Waals surface area contributed by atoms with Crippen molar-refractivity contribution in [2.75, 3.05) is 12.8 Å². The molecule has 2 N–H and O–H groups in total. The Hall–Kier alpha value is -2.75. The number of hydrogen-bond acceptors (Lipinski definition) is 3. The standard InChI is InChI=1S/C17H17N3O/c1-12-6-5-7-13(10-12)14-11-17(18)20(19-14)15-8-3-4-9-16(15)21-2/h3-11H,18H2,1-2H3. The zero-order valence-electron chi connectivity index (χ0n) is 12.1. The van der Waals surface area contributed by atoms with E-state index in [9.17, 15) is 0 Å². The van der Waals surface area contributed by atoms with Crippen molar-refractivity contribution in [2.45, 2.75) is 6.92 Å². The van der Waals surface area contributed by atoms with Gasteiger partial charge in [-0.05, 0) is 25.1 Å². The first-order valence-corrected chi connectivity index (χ1v) is 6.75. The van der Waals surface area contributed by atoms with Crippen LogP contribution in [0.2, 0.25) is 0 Å². The molecular weight excluding hydrogens is 262 g/mol. The number of nitrogens with zero attached hydrogens (tertiary/aromatic N) is 2. The average molecular weight is 279 g/mol. The molecule has 21 heavy (non-hydrogen) atoms. The molecule has 0 aliphatic rings. The maximum absolute atomic E-state index is 6.12. The zero-order chi connectivity index (χ0) is 14.8. The molecule has 0 atom stereocenters. The van der Waals surface area contributed by atoms with Gasteiger partial charge in [0.2, 0.25) is 0 Å². The normalized spacial score (nSPS) is 10.6. The summed E-state index contributed by atoms with van der Waals surface area (Å²) in [6.45, 7) is 2.06. The smallest absolute Gasteiger partial charge is 0.144 e. The number of benzene rings is 2. The Balaban J connectivity index is 2.10. The highest BCUT2D eigenvalue weighted by Crippen LogP contribution is 2.28. The predicted octanol–water partition coefficient (Wildman–Crippen LogP) is 3.44. The van der Waals surface area contributed by atoms with Crippen LogP contribution in [0.5, 0.6) is 5.75 Å². The molecule has 1 aromatic heterocycles. The van der Waals surface area contributed by atoms with Crippen molar-refractivity contribution in [2.24, 2.45) is 0 Å². The van der Waals surface area contributed by atoms with Gasteiger partial charge in [-0.3, -0.25) is 0 Å². The first-order chi connectivity index (χ1) is 10.2. The summed E-state index contributed by atoms with van der Waals surface area (Å²) in [7, 11) is 1.64. The van der Waals surface area contributed by atoms with Crippen molar-refractivity contribution in [3.63, 3.8) is 0 Å². The van der Waals surface area contributed by atoms with Gasteiger partial charge in [-0.1, -0.05) is 35.9 Å². The summed E-state index contributed by atoms with van der Waals surface area (Å²) in [5.41, 5.74) is 10.0. The van der Waals surface area contributed by atoms with Crippen molar-refractivity contribution in [1.29, 1.82) is 0 Å². The fraction of sp³-hybridized carbons (Fsp3) is 0.118. The van der Waals surface area contributed by atoms with E-state index < -0.39 is 0 Å². The summed E-state index contributed by atoms with van der Waals surface area (Å²) < 4.78 is 7.08. The van der Waals surface area contributed by atoms with Crippen molar-refractivity contribution in [3.8, 4) is 22.7 Å². The molecule has 3 rings (SSSR count). The fourth-order valence-corrected chi connectivity index (χ4v) is 2.34. The van der Waals surface area contributed by atoms with Crippen molar-refractivity contribution < 1.29 is 4.74 Å². The molecule has 0 radical (unpaired) electrons. The van der Waals surface area contributed by atoms with Gasteiger partial charge in [0.05, 0.1) is 12.8 Å². The number of anilines is 1. The highest BCUT2D eigenvalue weighted by atomic mass is 16.5. The lowest BCUT2D eigenvalue weighted by molar-refractivity contribution is 0.412. The topological polar surface area (TPSA) is 53.1 Å². The second kappa shape index (κ2) is 5.32. The van der Waals surface area contributed by atoms with E-state index in [2.05, 4.69) is 24.2 Å². The van der Waals surface area contributed by atoms with Crippen LogP contribution >= 0.6 is 0 Å². The SMILES string of the molecule is COc1ccccc1-n1nc(-c2cccc(C)c2)cc1N. The Morgan fingerprint density at radius 2 is 1.86 bits per heavy atom. The second-order valence-corrected chi connectivity index (χ2v) is 4.91. The van der Waals surface area contributed by atoms with Crippen LogP contribution in [0.25, 0.3) is 16.9 Å². The van der Waals surface area contributed by atoms with Gasteiger partial charge in [-0.2, -0.15) is 5.10 Å². The Kier molecular flexibility index (Phi) is 3.36. The van der Waals surface area contributed by atoms with Crippen LogP contribution in [0.4, 0.5) is 5.82 Å². The maximum Gasteiger partial charge on any atom is 0.144 e. The minimum Gasteiger partial charge on any atom is -0.494 e. The van der Waals surface area contributed by atoms with Crippen LogP contribution in [0.15, 0.2) is 54.6 Å². The predicted molar refractivity (Wildman–Crippen MR) is 84.7 cm³/mol. The summed E-state index contributed by atoms with van der Waals surface area (Å²) in [4.78, 5) is 0. The number of methoxy groups -OCH3 is 1. The van der Waals surface area contributed by atoms with Gasteiger partial charge in [-0.15, -0.1) is 0 Å². The molecule has 0 fully saturated rings. The molecule has 0 amide bonds. The summed E-state index contributed by atoms with van der Waals surface area (Å²) >= 11 is 0. The van der Waals surface area contributed by atoms with Crippen molar-refractivity contribution in [3.05, 3.63) is 60.2 Å². The monoisotopic (exact) mass is 279 g/mol. The summed E-state index contributed by atoms with van der Waals surface area (Å²) in [6.07, 6.45) is 0. The van der Waals surface area contributed by atoms with Crippen LogP contribution in [-0.2, 0) is 0 Å². The lowest BCUT2D eigenvalue weighted by atomic mass is 10.1. The number of ether oxygens (including phenoxy) is 1. The molecule has 0 spiro atoms. The quantitative estimate of drug-likeness (QED) is 0.799. The van der Waals surface area contributed by atoms with Crippen LogP contribution in [-0.4, -0.2) is 16.9 Å². The third kappa shape index (κ3) is 2.48. The lowest BCUT2D eigenvalue weighted by Gasteiger charge is -2.09. The molecule has 3 aromatic rings. The van der Waals surface area contributed by atoms with Gasteiger partial charge in [0.15, 0.2) is 0 Å². The van der Waals surface area contributed by atoms with E-state index in [-0.39, 0.29) is 0 Å². The lowest BCUT2D eigenvalue weighted by Crippen LogP contribution is -2.03. The summed E-state index contributed by atoms with van der Waals surface area (Å²) in [6, 6.07) is 17.8. The van der Waals surface area contributed by atoms with E-state index in [0.29, 0.717) is 5.82 Å². The van der Waals surface area contributed by atoms with Crippen LogP contribution in [0.3, 0.4) is 0 Å². The second-order valence-electron chi connectivity index (χ2n) is 4.91. The first kappa shape index (κ1) is 13.2. The maximum atomic E-state index is 6.12. The van der Waals surface area contributed by atoms with Crippen LogP contribution in [0.1, 0.15) is 5.56 Å². The molecule has 0 unspecified atom stereocenters. The van der Waals surface area contributed by atoms with Gasteiger partial charge in [-0.25, -0.2) is 4.68 Å². The molecule has 106 valence electrons.